The molecule has 1 aromatic rings. The van der Waals surface area contributed by atoms with Crippen molar-refractivity contribution in [1.82, 2.24) is 4.90 Å². The number of carboxylic acid groups (broad SMARTS) is 1. The lowest BCUT2D eigenvalue weighted by atomic mass is 10.1. The van der Waals surface area contributed by atoms with Gasteiger partial charge >= 0.3 is 6.09 Å². The van der Waals surface area contributed by atoms with Crippen molar-refractivity contribution in [2.45, 2.75) is 6.10 Å². The molecule has 1 aliphatic heterocycles. The zero-order chi connectivity index (χ0) is 12.4. The van der Waals surface area contributed by atoms with Gasteiger partial charge in [-0.3, -0.25) is 0 Å². The molecule has 1 heterocycles. The van der Waals surface area contributed by atoms with Crippen molar-refractivity contribution in [3.8, 4) is 0 Å². The van der Waals surface area contributed by atoms with Gasteiger partial charge in [-0.25, -0.2) is 4.79 Å². The zero-order valence-corrected chi connectivity index (χ0v) is 11.2. The fourth-order valence-corrected chi connectivity index (χ4v) is 2.17. The minimum absolute atomic E-state index is 0.245. The summed E-state index contributed by atoms with van der Waals surface area (Å²) < 4.78 is 6.37. The number of benzene rings is 1. The smallest absolute Gasteiger partial charge is 0.407 e. The predicted octanol–water partition coefficient (Wildman–Crippen LogP) is 3.15. The van der Waals surface area contributed by atoms with Crippen LogP contribution in [0, 0.1) is 0 Å². The molecule has 1 aromatic carbocycles. The van der Waals surface area contributed by atoms with Crippen LogP contribution in [-0.2, 0) is 4.74 Å². The molecule has 6 heteroatoms. The van der Waals surface area contributed by atoms with Crippen molar-refractivity contribution in [3.05, 3.63) is 33.3 Å². The number of rotatable bonds is 1. The molecular weight excluding hydrogens is 309 g/mol. The summed E-state index contributed by atoms with van der Waals surface area (Å²) >= 11 is 9.31. The Balaban J connectivity index is 2.16. The molecule has 2 rings (SSSR count). The summed E-state index contributed by atoms with van der Waals surface area (Å²) in [6, 6.07) is 5.51. The van der Waals surface area contributed by atoms with Gasteiger partial charge in [0.25, 0.3) is 0 Å². The third kappa shape index (κ3) is 2.91. The quantitative estimate of drug-likeness (QED) is 0.865. The molecule has 0 saturated carbocycles. The number of morpholine rings is 1. The summed E-state index contributed by atoms with van der Waals surface area (Å²) in [6.45, 7) is 1.16. The fourth-order valence-electron chi connectivity index (χ4n) is 1.74. The predicted molar refractivity (Wildman–Crippen MR) is 67.4 cm³/mol. The second kappa shape index (κ2) is 5.25. The lowest BCUT2D eigenvalue weighted by molar-refractivity contribution is -0.0232. The van der Waals surface area contributed by atoms with Gasteiger partial charge in [-0.1, -0.05) is 17.7 Å². The van der Waals surface area contributed by atoms with Crippen molar-refractivity contribution < 1.29 is 14.6 Å². The number of amides is 1. The van der Waals surface area contributed by atoms with Gasteiger partial charge < -0.3 is 14.7 Å². The van der Waals surface area contributed by atoms with Crippen LogP contribution in [0.2, 0.25) is 5.02 Å². The third-order valence-electron chi connectivity index (χ3n) is 2.65. The Morgan fingerprint density at radius 1 is 1.59 bits per heavy atom. The Morgan fingerprint density at radius 2 is 2.35 bits per heavy atom. The molecule has 0 spiro atoms. The first-order valence-electron chi connectivity index (χ1n) is 5.12. The molecule has 1 atom stereocenters. The van der Waals surface area contributed by atoms with Crippen molar-refractivity contribution in [2.75, 3.05) is 19.7 Å². The highest BCUT2D eigenvalue weighted by atomic mass is 79.9. The average Bonchev–Trinajstić information content (AvgIpc) is 2.33. The molecule has 0 aliphatic carbocycles. The van der Waals surface area contributed by atoms with E-state index in [1.54, 1.807) is 6.07 Å². The molecule has 1 N–H and O–H groups in total. The van der Waals surface area contributed by atoms with E-state index in [0.717, 1.165) is 10.0 Å². The Morgan fingerprint density at radius 3 is 3.00 bits per heavy atom. The Kier molecular flexibility index (Phi) is 3.91. The standard InChI is InChI=1S/C11H11BrClNO3/c12-8-2-1-7(5-9(8)13)10-6-14(11(15)16)3-4-17-10/h1-2,5,10H,3-4,6H2,(H,15,16). The molecule has 0 aromatic heterocycles. The van der Waals surface area contributed by atoms with Gasteiger partial charge in [0.2, 0.25) is 0 Å². The highest BCUT2D eigenvalue weighted by molar-refractivity contribution is 9.10. The lowest BCUT2D eigenvalue weighted by Crippen LogP contribution is -2.41. The van der Waals surface area contributed by atoms with E-state index >= 15 is 0 Å². The van der Waals surface area contributed by atoms with Crippen molar-refractivity contribution in [1.29, 1.82) is 0 Å². The number of nitrogens with zero attached hydrogens (tertiary/aromatic N) is 1. The van der Waals surface area contributed by atoms with Crippen molar-refractivity contribution in [2.24, 2.45) is 0 Å². The SMILES string of the molecule is O=C(O)N1CCOC(c2ccc(Br)c(Cl)c2)C1. The van der Waals surface area contributed by atoms with E-state index < -0.39 is 6.09 Å². The van der Waals surface area contributed by atoms with Crippen LogP contribution in [0.5, 0.6) is 0 Å². The summed E-state index contributed by atoms with van der Waals surface area (Å²) in [4.78, 5) is 12.2. The first-order chi connectivity index (χ1) is 8.08. The number of hydrogen-bond donors (Lipinski definition) is 1. The normalized spacial score (nSPS) is 20.4. The largest absolute Gasteiger partial charge is 0.465 e. The molecule has 0 bridgehead atoms. The van der Waals surface area contributed by atoms with E-state index in [4.69, 9.17) is 21.4 Å². The zero-order valence-electron chi connectivity index (χ0n) is 8.90. The maximum absolute atomic E-state index is 10.9. The van der Waals surface area contributed by atoms with Crippen LogP contribution in [0.3, 0.4) is 0 Å². The van der Waals surface area contributed by atoms with E-state index in [0.29, 0.717) is 24.7 Å². The van der Waals surface area contributed by atoms with Gasteiger partial charge in [-0.2, -0.15) is 0 Å². The Labute approximate surface area is 112 Å². The molecule has 1 unspecified atom stereocenters. The summed E-state index contributed by atoms with van der Waals surface area (Å²) in [5.74, 6) is 0. The van der Waals surface area contributed by atoms with E-state index in [1.807, 2.05) is 12.1 Å². The molecule has 0 radical (unpaired) electrons. The van der Waals surface area contributed by atoms with Gasteiger partial charge in [0.05, 0.1) is 18.2 Å². The molecule has 1 aliphatic rings. The second-order valence-corrected chi connectivity index (χ2v) is 5.02. The number of ether oxygens (including phenoxy) is 1. The molecule has 92 valence electrons. The topological polar surface area (TPSA) is 49.8 Å². The second-order valence-electron chi connectivity index (χ2n) is 3.76. The minimum Gasteiger partial charge on any atom is -0.465 e. The van der Waals surface area contributed by atoms with Crippen LogP contribution in [0.4, 0.5) is 4.79 Å². The van der Waals surface area contributed by atoms with Crippen LogP contribution >= 0.6 is 27.5 Å². The maximum Gasteiger partial charge on any atom is 0.407 e. The highest BCUT2D eigenvalue weighted by Crippen LogP contribution is 2.29. The first-order valence-corrected chi connectivity index (χ1v) is 6.29. The van der Waals surface area contributed by atoms with Crippen LogP contribution in [0.15, 0.2) is 22.7 Å². The molecule has 1 amide bonds. The Hall–Kier alpha value is -0.780. The molecule has 1 fully saturated rings. The van der Waals surface area contributed by atoms with E-state index in [-0.39, 0.29) is 6.10 Å². The minimum atomic E-state index is -0.915. The van der Waals surface area contributed by atoms with Gasteiger partial charge in [0.15, 0.2) is 0 Å². The van der Waals surface area contributed by atoms with Crippen LogP contribution in [0.1, 0.15) is 11.7 Å². The Bertz CT molecular complexity index is 441. The number of carbonyl (C=O) groups is 1. The van der Waals surface area contributed by atoms with Gasteiger partial charge in [0.1, 0.15) is 6.10 Å². The van der Waals surface area contributed by atoms with Crippen LogP contribution < -0.4 is 0 Å². The summed E-state index contributed by atoms with van der Waals surface area (Å²) in [6.07, 6.45) is -1.16. The van der Waals surface area contributed by atoms with Gasteiger partial charge in [-0.15, -0.1) is 0 Å². The number of halogens is 2. The fraction of sp³-hybridized carbons (Fsp3) is 0.364. The van der Waals surface area contributed by atoms with Crippen LogP contribution in [-0.4, -0.2) is 35.8 Å². The third-order valence-corrected chi connectivity index (χ3v) is 3.88. The van der Waals surface area contributed by atoms with Crippen LogP contribution in [0.25, 0.3) is 0 Å². The van der Waals surface area contributed by atoms with Gasteiger partial charge in [0, 0.05) is 11.0 Å². The maximum atomic E-state index is 10.9. The summed E-state index contributed by atoms with van der Waals surface area (Å²) in [5, 5.41) is 9.53. The first kappa shape index (κ1) is 12.7. The molecule has 1 saturated heterocycles. The average molecular weight is 321 g/mol. The van der Waals surface area contributed by atoms with Crippen molar-refractivity contribution >= 4 is 33.6 Å². The number of hydrogen-bond acceptors (Lipinski definition) is 2. The summed E-state index contributed by atoms with van der Waals surface area (Å²) in [7, 11) is 0. The monoisotopic (exact) mass is 319 g/mol. The van der Waals surface area contributed by atoms with E-state index in [1.165, 1.54) is 4.90 Å². The lowest BCUT2D eigenvalue weighted by Gasteiger charge is -2.31. The molecule has 4 nitrogen and oxygen atoms in total. The highest BCUT2D eigenvalue weighted by Gasteiger charge is 2.25. The van der Waals surface area contributed by atoms with Crippen molar-refractivity contribution in [3.63, 3.8) is 0 Å². The van der Waals surface area contributed by atoms with E-state index in [2.05, 4.69) is 15.9 Å². The molecule has 17 heavy (non-hydrogen) atoms. The van der Waals surface area contributed by atoms with E-state index in [9.17, 15) is 4.79 Å². The molecular formula is C11H11BrClNO3. The summed E-state index contributed by atoms with van der Waals surface area (Å²) in [5.41, 5.74) is 0.893. The van der Waals surface area contributed by atoms with Gasteiger partial charge in [-0.05, 0) is 33.6 Å².